The van der Waals surface area contributed by atoms with Crippen LogP contribution in [-0.4, -0.2) is 4.98 Å². The molecule has 0 unspecified atom stereocenters. The second kappa shape index (κ2) is 4.59. The van der Waals surface area contributed by atoms with Gasteiger partial charge in [0.2, 0.25) is 0 Å². The van der Waals surface area contributed by atoms with Gasteiger partial charge in [-0.15, -0.1) is 11.3 Å². The van der Waals surface area contributed by atoms with Crippen molar-refractivity contribution < 1.29 is 0 Å². The molecule has 2 N–H and O–H groups in total. The van der Waals surface area contributed by atoms with E-state index in [2.05, 4.69) is 24.3 Å². The minimum Gasteiger partial charge on any atom is -0.277 e. The molecular formula is C13H16N2S2. The Bertz CT molecular complexity index is 482. The summed E-state index contributed by atoms with van der Waals surface area (Å²) < 4.78 is 1.36. The lowest BCUT2D eigenvalue weighted by Crippen LogP contribution is -2.26. The molecular weight excluding hydrogens is 248 g/mol. The van der Waals surface area contributed by atoms with Crippen molar-refractivity contribution in [1.82, 2.24) is 4.98 Å². The van der Waals surface area contributed by atoms with Gasteiger partial charge in [0.15, 0.2) is 0 Å². The van der Waals surface area contributed by atoms with E-state index >= 15 is 0 Å². The summed E-state index contributed by atoms with van der Waals surface area (Å²) in [7, 11) is 0. The maximum Gasteiger partial charge on any atom is 0.111 e. The number of fused-ring (bicyclic) bond motifs is 1. The van der Waals surface area contributed by atoms with Gasteiger partial charge in [0.05, 0.1) is 15.0 Å². The van der Waals surface area contributed by atoms with Gasteiger partial charge in [-0.25, -0.2) is 4.98 Å². The molecule has 1 fully saturated rings. The third-order valence-electron chi connectivity index (χ3n) is 3.57. The van der Waals surface area contributed by atoms with E-state index in [1.165, 1.54) is 53.8 Å². The molecule has 3 rings (SSSR count). The topological polar surface area (TPSA) is 38.9 Å². The molecule has 1 aliphatic rings. The van der Waals surface area contributed by atoms with Gasteiger partial charge in [-0.3, -0.25) is 5.14 Å². The van der Waals surface area contributed by atoms with Crippen LogP contribution in [0.25, 0.3) is 10.2 Å². The van der Waals surface area contributed by atoms with Gasteiger partial charge in [0, 0.05) is 0 Å². The molecule has 2 aromatic rings. The number of nitrogens with two attached hydrogens (primary N) is 1. The first-order chi connectivity index (χ1) is 8.34. The number of aromatic nitrogens is 1. The zero-order valence-corrected chi connectivity index (χ0v) is 11.3. The zero-order valence-electron chi connectivity index (χ0n) is 9.69. The second-order valence-electron chi connectivity index (χ2n) is 4.66. The lowest BCUT2D eigenvalue weighted by Gasteiger charge is -2.32. The minimum atomic E-state index is 0.0853. The smallest absolute Gasteiger partial charge is 0.111 e. The van der Waals surface area contributed by atoms with Gasteiger partial charge >= 0.3 is 0 Å². The van der Waals surface area contributed by atoms with E-state index in [1.54, 1.807) is 0 Å². The van der Waals surface area contributed by atoms with Crippen LogP contribution in [0, 0.1) is 0 Å². The summed E-state index contributed by atoms with van der Waals surface area (Å²) in [6.07, 6.45) is 6.25. The molecule has 0 amide bonds. The summed E-state index contributed by atoms with van der Waals surface area (Å²) in [4.78, 5) is 4.80. The van der Waals surface area contributed by atoms with Crippen LogP contribution in [0.2, 0.25) is 0 Å². The van der Waals surface area contributed by atoms with Crippen LogP contribution in [0.4, 0.5) is 0 Å². The van der Waals surface area contributed by atoms with Gasteiger partial charge in [-0.1, -0.05) is 43.3 Å². The molecule has 1 aliphatic carbocycles. The third-order valence-corrected chi connectivity index (χ3v) is 5.99. The molecule has 0 atom stereocenters. The van der Waals surface area contributed by atoms with Crippen LogP contribution in [0.1, 0.15) is 37.1 Å². The van der Waals surface area contributed by atoms with Crippen molar-refractivity contribution in [1.29, 1.82) is 0 Å². The van der Waals surface area contributed by atoms with Gasteiger partial charge < -0.3 is 0 Å². The average molecular weight is 264 g/mol. The maximum absolute atomic E-state index is 5.98. The molecule has 1 saturated carbocycles. The molecule has 4 heteroatoms. The number of rotatable bonds is 2. The Labute approximate surface area is 110 Å². The largest absolute Gasteiger partial charge is 0.277 e. The Morgan fingerprint density at radius 2 is 1.94 bits per heavy atom. The third kappa shape index (κ3) is 1.98. The average Bonchev–Trinajstić information content (AvgIpc) is 2.84. The Morgan fingerprint density at radius 1 is 1.18 bits per heavy atom. The van der Waals surface area contributed by atoms with E-state index in [9.17, 15) is 0 Å². The van der Waals surface area contributed by atoms with E-state index in [-0.39, 0.29) is 4.75 Å². The Hall–Kier alpha value is -0.580. The first-order valence-corrected chi connectivity index (χ1v) is 7.78. The van der Waals surface area contributed by atoms with Crippen LogP contribution >= 0.6 is 23.3 Å². The first-order valence-electron chi connectivity index (χ1n) is 6.08. The number of thiazole rings is 1. The van der Waals surface area contributed by atoms with Crippen LogP contribution < -0.4 is 5.14 Å². The predicted octanol–water partition coefficient (Wildman–Crippen LogP) is 4.06. The van der Waals surface area contributed by atoms with Crippen molar-refractivity contribution in [3.05, 3.63) is 29.3 Å². The quantitative estimate of drug-likeness (QED) is 0.831. The van der Waals surface area contributed by atoms with Crippen LogP contribution in [0.3, 0.4) is 0 Å². The number of para-hydroxylation sites is 1. The molecule has 17 heavy (non-hydrogen) atoms. The predicted molar refractivity (Wildman–Crippen MR) is 76.2 cm³/mol. The normalized spacial score (nSPS) is 19.6. The van der Waals surface area contributed by atoms with Crippen LogP contribution in [0.15, 0.2) is 24.3 Å². The monoisotopic (exact) mass is 264 g/mol. The highest BCUT2D eigenvalue weighted by Crippen LogP contribution is 2.47. The summed E-state index contributed by atoms with van der Waals surface area (Å²) in [5, 5.41) is 7.20. The van der Waals surface area contributed by atoms with E-state index in [1.807, 2.05) is 11.3 Å². The summed E-state index contributed by atoms with van der Waals surface area (Å²) in [6.45, 7) is 0. The van der Waals surface area contributed by atoms with Gasteiger partial charge in [-0.05, 0) is 25.0 Å². The molecule has 1 aromatic carbocycles. The number of hydrogen-bond acceptors (Lipinski definition) is 4. The first kappa shape index (κ1) is 11.5. The number of nitrogens with zero attached hydrogens (tertiary/aromatic N) is 1. The molecule has 0 aliphatic heterocycles. The molecule has 0 bridgehead atoms. The highest BCUT2D eigenvalue weighted by molar-refractivity contribution is 7.98. The standard InChI is InChI=1S/C13H16N2S2/c14-17-13(8-4-1-5-9-13)12-15-10-6-2-3-7-11(10)16-12/h2-3,6-7H,1,4-5,8-9,14H2. The maximum atomic E-state index is 5.98. The number of hydrogen-bond donors (Lipinski definition) is 1. The van der Waals surface area contributed by atoms with Crippen molar-refractivity contribution >= 4 is 33.5 Å². The molecule has 0 saturated heterocycles. The van der Waals surface area contributed by atoms with Crippen LogP contribution in [-0.2, 0) is 4.75 Å². The van der Waals surface area contributed by atoms with E-state index in [4.69, 9.17) is 10.1 Å². The lowest BCUT2D eigenvalue weighted by atomic mass is 9.89. The Kier molecular flexibility index (Phi) is 3.11. The second-order valence-corrected chi connectivity index (χ2v) is 6.71. The van der Waals surface area contributed by atoms with Crippen molar-refractivity contribution in [2.24, 2.45) is 5.14 Å². The summed E-state index contributed by atoms with van der Waals surface area (Å²) >= 11 is 3.32. The van der Waals surface area contributed by atoms with Crippen molar-refractivity contribution in [2.45, 2.75) is 36.9 Å². The molecule has 0 radical (unpaired) electrons. The van der Waals surface area contributed by atoms with Crippen molar-refractivity contribution in [3.63, 3.8) is 0 Å². The fraction of sp³-hybridized carbons (Fsp3) is 0.462. The lowest BCUT2D eigenvalue weighted by molar-refractivity contribution is 0.406. The van der Waals surface area contributed by atoms with Gasteiger partial charge in [0.1, 0.15) is 5.01 Å². The van der Waals surface area contributed by atoms with E-state index < -0.39 is 0 Å². The highest BCUT2D eigenvalue weighted by Gasteiger charge is 2.36. The number of benzene rings is 1. The Balaban J connectivity index is 2.05. The van der Waals surface area contributed by atoms with Crippen molar-refractivity contribution in [2.75, 3.05) is 0 Å². The van der Waals surface area contributed by atoms with Gasteiger partial charge in [0.25, 0.3) is 0 Å². The molecule has 2 nitrogen and oxygen atoms in total. The zero-order chi connectivity index (χ0) is 11.7. The SMILES string of the molecule is NSC1(c2nc3ccccc3s2)CCCCC1. The minimum absolute atomic E-state index is 0.0853. The summed E-state index contributed by atoms with van der Waals surface area (Å²) in [5.74, 6) is 0. The fourth-order valence-electron chi connectivity index (χ4n) is 2.57. The summed E-state index contributed by atoms with van der Waals surface area (Å²) in [5.41, 5.74) is 1.12. The van der Waals surface area contributed by atoms with Gasteiger partial charge in [-0.2, -0.15) is 0 Å². The molecule has 1 heterocycles. The van der Waals surface area contributed by atoms with Crippen LogP contribution in [0.5, 0.6) is 0 Å². The van der Waals surface area contributed by atoms with Crippen molar-refractivity contribution in [3.8, 4) is 0 Å². The molecule has 90 valence electrons. The van der Waals surface area contributed by atoms with E-state index in [0.29, 0.717) is 0 Å². The Morgan fingerprint density at radius 3 is 2.65 bits per heavy atom. The molecule has 0 spiro atoms. The fourth-order valence-corrected chi connectivity index (χ4v) is 4.62. The summed E-state index contributed by atoms with van der Waals surface area (Å²) in [6, 6.07) is 8.36. The highest BCUT2D eigenvalue weighted by atomic mass is 32.2. The molecule has 1 aromatic heterocycles. The van der Waals surface area contributed by atoms with E-state index in [0.717, 1.165) is 5.52 Å².